The molecular formula is C18H26N4OS. The predicted molar refractivity (Wildman–Crippen MR) is 99.1 cm³/mol. The van der Waals surface area contributed by atoms with E-state index in [1.54, 1.807) is 11.3 Å². The second-order valence-corrected chi connectivity index (χ2v) is 8.38. The Kier molecular flexibility index (Phi) is 5.18. The summed E-state index contributed by atoms with van der Waals surface area (Å²) in [6.07, 6.45) is 1.73. The molecule has 0 aliphatic carbocycles. The number of piperidine rings is 1. The maximum Gasteiger partial charge on any atom is 0.234 e. The first kappa shape index (κ1) is 17.3. The molecule has 1 amide bonds. The molecule has 0 bridgehead atoms. The highest BCUT2D eigenvalue weighted by atomic mass is 32.1. The highest BCUT2D eigenvalue weighted by Crippen LogP contribution is 2.27. The lowest BCUT2D eigenvalue weighted by atomic mass is 9.80. The Morgan fingerprint density at radius 1 is 1.46 bits per heavy atom. The molecule has 0 radical (unpaired) electrons. The van der Waals surface area contributed by atoms with Gasteiger partial charge >= 0.3 is 0 Å². The topological polar surface area (TPSA) is 71.2 Å². The average Bonchev–Trinajstić information content (AvgIpc) is 2.93. The van der Waals surface area contributed by atoms with Crippen LogP contribution in [0.2, 0.25) is 0 Å². The third kappa shape index (κ3) is 4.12. The predicted octanol–water partition coefficient (Wildman–Crippen LogP) is 2.01. The van der Waals surface area contributed by atoms with Crippen molar-refractivity contribution in [3.8, 4) is 0 Å². The molecule has 1 aliphatic rings. The fourth-order valence-corrected chi connectivity index (χ4v) is 4.18. The summed E-state index contributed by atoms with van der Waals surface area (Å²) in [4.78, 5) is 19.0. The van der Waals surface area contributed by atoms with Gasteiger partial charge in [-0.25, -0.2) is 4.98 Å². The number of hydrogen-bond acceptors (Lipinski definition) is 5. The molecule has 1 fully saturated rings. The van der Waals surface area contributed by atoms with Crippen LogP contribution in [0.4, 0.5) is 0 Å². The van der Waals surface area contributed by atoms with Gasteiger partial charge in [0.05, 0.1) is 21.8 Å². The van der Waals surface area contributed by atoms with E-state index in [1.165, 1.54) is 4.70 Å². The zero-order valence-electron chi connectivity index (χ0n) is 14.4. The van der Waals surface area contributed by atoms with E-state index in [0.29, 0.717) is 13.1 Å². The number of likely N-dealkylation sites (tertiary alicyclic amines) is 1. The van der Waals surface area contributed by atoms with Gasteiger partial charge in [0, 0.05) is 32.1 Å². The minimum Gasteiger partial charge on any atom is -0.355 e. The monoisotopic (exact) mass is 346 g/mol. The molecule has 1 atom stereocenters. The van der Waals surface area contributed by atoms with Gasteiger partial charge in [-0.1, -0.05) is 26.0 Å². The Morgan fingerprint density at radius 3 is 3.00 bits per heavy atom. The number of hydrogen-bond donors (Lipinski definition) is 2. The van der Waals surface area contributed by atoms with E-state index in [4.69, 9.17) is 5.73 Å². The van der Waals surface area contributed by atoms with Gasteiger partial charge < -0.3 is 11.1 Å². The van der Waals surface area contributed by atoms with Crippen LogP contribution in [0.1, 0.15) is 25.3 Å². The van der Waals surface area contributed by atoms with Gasteiger partial charge in [0.2, 0.25) is 5.91 Å². The molecule has 6 heteroatoms. The molecule has 2 heterocycles. The van der Waals surface area contributed by atoms with E-state index in [-0.39, 0.29) is 17.4 Å². The molecule has 1 aromatic carbocycles. The Bertz CT molecular complexity index is 679. The summed E-state index contributed by atoms with van der Waals surface area (Å²) < 4.78 is 1.20. The third-order valence-corrected chi connectivity index (χ3v) is 5.85. The maximum atomic E-state index is 12.2. The summed E-state index contributed by atoms with van der Waals surface area (Å²) in [5.74, 6) is 0.0855. The van der Waals surface area contributed by atoms with E-state index in [1.807, 2.05) is 18.2 Å². The van der Waals surface area contributed by atoms with Crippen LogP contribution in [-0.2, 0) is 11.2 Å². The number of nitrogens with zero attached hydrogens (tertiary/aromatic N) is 2. The summed E-state index contributed by atoms with van der Waals surface area (Å²) in [7, 11) is 0. The first-order valence-corrected chi connectivity index (χ1v) is 9.35. The number of carbonyl (C=O) groups is 1. The van der Waals surface area contributed by atoms with Crippen molar-refractivity contribution in [2.24, 2.45) is 11.1 Å². The Balaban J connectivity index is 1.44. The third-order valence-electron chi connectivity index (χ3n) is 4.76. The highest BCUT2D eigenvalue weighted by molar-refractivity contribution is 7.18. The van der Waals surface area contributed by atoms with Crippen molar-refractivity contribution in [2.75, 3.05) is 26.2 Å². The van der Waals surface area contributed by atoms with E-state index < -0.39 is 0 Å². The number of aromatic nitrogens is 1. The smallest absolute Gasteiger partial charge is 0.234 e. The van der Waals surface area contributed by atoms with Crippen LogP contribution < -0.4 is 11.1 Å². The summed E-state index contributed by atoms with van der Waals surface area (Å²) >= 11 is 1.70. The fourth-order valence-electron chi connectivity index (χ4n) is 3.21. The summed E-state index contributed by atoms with van der Waals surface area (Å²) in [6, 6.07) is 8.35. The van der Waals surface area contributed by atoms with Crippen molar-refractivity contribution >= 4 is 27.5 Å². The van der Waals surface area contributed by atoms with Crippen LogP contribution in [0.15, 0.2) is 24.3 Å². The first-order valence-electron chi connectivity index (χ1n) is 8.53. The fraction of sp³-hybridized carbons (Fsp3) is 0.556. The summed E-state index contributed by atoms with van der Waals surface area (Å²) in [5.41, 5.74) is 7.26. The van der Waals surface area contributed by atoms with Crippen LogP contribution in [0.5, 0.6) is 0 Å². The zero-order chi connectivity index (χ0) is 17.2. The molecule has 5 nitrogen and oxygen atoms in total. The molecular weight excluding hydrogens is 320 g/mol. The van der Waals surface area contributed by atoms with Gasteiger partial charge in [0.1, 0.15) is 0 Å². The number of carbonyl (C=O) groups excluding carboxylic acids is 1. The summed E-state index contributed by atoms with van der Waals surface area (Å²) in [6.45, 7) is 7.21. The Hall–Kier alpha value is -1.50. The molecule has 0 saturated carbocycles. The lowest BCUT2D eigenvalue weighted by Crippen LogP contribution is -2.54. The molecule has 130 valence electrons. The number of para-hydroxylation sites is 1. The quantitative estimate of drug-likeness (QED) is 0.869. The molecule has 1 saturated heterocycles. The first-order chi connectivity index (χ1) is 11.4. The minimum absolute atomic E-state index is 0.0690. The van der Waals surface area contributed by atoms with Crippen LogP contribution in [0, 0.1) is 5.41 Å². The van der Waals surface area contributed by atoms with Gasteiger partial charge in [-0.05, 0) is 24.0 Å². The van der Waals surface area contributed by atoms with Crippen LogP contribution in [0.25, 0.3) is 10.2 Å². The SMILES string of the molecule is CC1(C)CN(CC(=O)NCCc2nc3ccccc3s2)CCC1N. The van der Waals surface area contributed by atoms with Crippen molar-refractivity contribution in [1.82, 2.24) is 15.2 Å². The van der Waals surface area contributed by atoms with Crippen LogP contribution >= 0.6 is 11.3 Å². The number of amides is 1. The van der Waals surface area contributed by atoms with E-state index >= 15 is 0 Å². The van der Waals surface area contributed by atoms with Gasteiger partial charge in [-0.3, -0.25) is 9.69 Å². The molecule has 0 spiro atoms. The molecule has 2 aromatic rings. The van der Waals surface area contributed by atoms with Crippen molar-refractivity contribution in [3.05, 3.63) is 29.3 Å². The van der Waals surface area contributed by atoms with Crippen molar-refractivity contribution in [1.29, 1.82) is 0 Å². The van der Waals surface area contributed by atoms with Crippen molar-refractivity contribution in [2.45, 2.75) is 32.7 Å². The van der Waals surface area contributed by atoms with Crippen LogP contribution in [-0.4, -0.2) is 48.0 Å². The average molecular weight is 347 g/mol. The number of thiazole rings is 1. The largest absolute Gasteiger partial charge is 0.355 e. The van der Waals surface area contributed by atoms with Gasteiger partial charge in [-0.2, -0.15) is 0 Å². The number of benzene rings is 1. The van der Waals surface area contributed by atoms with Crippen LogP contribution in [0.3, 0.4) is 0 Å². The molecule has 3 rings (SSSR count). The number of nitrogens with one attached hydrogen (secondary N) is 1. The lowest BCUT2D eigenvalue weighted by molar-refractivity contribution is -0.123. The molecule has 3 N–H and O–H groups in total. The molecule has 24 heavy (non-hydrogen) atoms. The van der Waals surface area contributed by atoms with Gasteiger partial charge in [0.15, 0.2) is 0 Å². The number of rotatable bonds is 5. The van der Waals surface area contributed by atoms with Crippen molar-refractivity contribution < 1.29 is 4.79 Å². The lowest BCUT2D eigenvalue weighted by Gasteiger charge is -2.42. The second-order valence-electron chi connectivity index (χ2n) is 7.27. The summed E-state index contributed by atoms with van der Waals surface area (Å²) in [5, 5.41) is 4.09. The number of fused-ring (bicyclic) bond motifs is 1. The Morgan fingerprint density at radius 2 is 2.25 bits per heavy atom. The van der Waals surface area contributed by atoms with Gasteiger partial charge in [-0.15, -0.1) is 11.3 Å². The van der Waals surface area contributed by atoms with E-state index in [9.17, 15) is 4.79 Å². The highest BCUT2D eigenvalue weighted by Gasteiger charge is 2.33. The molecule has 1 unspecified atom stereocenters. The van der Waals surface area contributed by atoms with Crippen molar-refractivity contribution in [3.63, 3.8) is 0 Å². The molecule has 1 aliphatic heterocycles. The minimum atomic E-state index is 0.0690. The van der Waals surface area contributed by atoms with E-state index in [2.05, 4.69) is 35.1 Å². The zero-order valence-corrected chi connectivity index (χ0v) is 15.2. The maximum absolute atomic E-state index is 12.2. The Labute approximate surface area is 147 Å². The second kappa shape index (κ2) is 7.17. The van der Waals surface area contributed by atoms with Gasteiger partial charge in [0.25, 0.3) is 0 Å². The normalized spacial score (nSPS) is 21.0. The van der Waals surface area contributed by atoms with E-state index in [0.717, 1.165) is 36.5 Å². The standard InChI is InChI=1S/C18H26N4OS/c1-18(2)12-22(10-8-15(18)19)11-16(23)20-9-7-17-21-13-5-3-4-6-14(13)24-17/h3-6,15H,7-12,19H2,1-2H3,(H,20,23). The molecule has 1 aromatic heterocycles. The number of nitrogens with two attached hydrogens (primary N) is 1.